The summed E-state index contributed by atoms with van der Waals surface area (Å²) in [5.41, 5.74) is 3.33. The van der Waals surface area contributed by atoms with Gasteiger partial charge in [-0.15, -0.1) is 0 Å². The molecule has 0 radical (unpaired) electrons. The molecule has 0 aliphatic heterocycles. The van der Waals surface area contributed by atoms with Crippen LogP contribution >= 0.6 is 0 Å². The van der Waals surface area contributed by atoms with Crippen molar-refractivity contribution in [2.45, 2.75) is 19.8 Å². The summed E-state index contributed by atoms with van der Waals surface area (Å²) in [6.07, 6.45) is 1.93. The summed E-state index contributed by atoms with van der Waals surface area (Å²) < 4.78 is 5.78. The molecule has 2 aromatic rings. The molecule has 2 rings (SSSR count). The predicted octanol–water partition coefficient (Wildman–Crippen LogP) is 4.03. The average Bonchev–Trinajstić information content (AvgIpc) is 2.59. The summed E-state index contributed by atoms with van der Waals surface area (Å²) >= 11 is 0. The van der Waals surface area contributed by atoms with Gasteiger partial charge in [0.15, 0.2) is 0 Å². The van der Waals surface area contributed by atoms with Crippen LogP contribution in [0.5, 0.6) is 5.75 Å². The number of hydroxylamine groups is 2. The third-order valence-electron chi connectivity index (χ3n) is 3.77. The first-order valence-electron chi connectivity index (χ1n) is 7.96. The smallest absolute Gasteiger partial charge is 0.345 e. The van der Waals surface area contributed by atoms with Crippen LogP contribution in [-0.4, -0.2) is 31.9 Å². The van der Waals surface area contributed by atoms with E-state index in [1.54, 1.807) is 13.1 Å². The summed E-state index contributed by atoms with van der Waals surface area (Å²) in [6.45, 7) is 2.75. The Balaban J connectivity index is 1.82. The predicted molar refractivity (Wildman–Crippen MR) is 95.2 cm³/mol. The number of rotatable bonds is 7. The average molecular weight is 328 g/mol. The lowest BCUT2D eigenvalue weighted by Gasteiger charge is -2.15. The van der Waals surface area contributed by atoms with Gasteiger partial charge in [-0.1, -0.05) is 30.3 Å². The van der Waals surface area contributed by atoms with E-state index in [1.807, 2.05) is 18.2 Å². The van der Waals surface area contributed by atoms with E-state index in [-0.39, 0.29) is 6.03 Å². The van der Waals surface area contributed by atoms with Crippen molar-refractivity contribution >= 4 is 11.7 Å². The van der Waals surface area contributed by atoms with Gasteiger partial charge in [-0.3, -0.25) is 4.84 Å². The number of urea groups is 1. The summed E-state index contributed by atoms with van der Waals surface area (Å²) in [4.78, 5) is 16.6. The Hall–Kier alpha value is -2.53. The molecular formula is C19H24N2O3. The number of hydrogen-bond acceptors (Lipinski definition) is 3. The molecule has 128 valence electrons. The fourth-order valence-electron chi connectivity index (χ4n) is 2.29. The molecule has 0 saturated carbocycles. The van der Waals surface area contributed by atoms with Gasteiger partial charge in [0.1, 0.15) is 5.75 Å². The van der Waals surface area contributed by atoms with E-state index >= 15 is 0 Å². The molecule has 0 unspecified atom stereocenters. The molecule has 0 aromatic heterocycles. The summed E-state index contributed by atoms with van der Waals surface area (Å²) in [7, 11) is 2.98. The van der Waals surface area contributed by atoms with Crippen LogP contribution in [0.25, 0.3) is 0 Å². The number of nitrogens with one attached hydrogen (secondary N) is 1. The van der Waals surface area contributed by atoms with E-state index in [2.05, 4.69) is 36.5 Å². The second kappa shape index (κ2) is 8.93. The van der Waals surface area contributed by atoms with Gasteiger partial charge in [0.2, 0.25) is 0 Å². The molecule has 0 spiro atoms. The van der Waals surface area contributed by atoms with E-state index in [1.165, 1.54) is 18.2 Å². The number of aryl methyl sites for hydroxylation is 2. The SMILES string of the molecule is CON(C)C(=O)Nc1cccc(OCCCc2ccccc2C)c1. The Morgan fingerprint density at radius 3 is 2.71 bits per heavy atom. The molecule has 0 aliphatic rings. The van der Waals surface area contributed by atoms with Crippen LogP contribution in [-0.2, 0) is 11.3 Å². The molecule has 1 N–H and O–H groups in total. The van der Waals surface area contributed by atoms with Crippen molar-refractivity contribution in [3.63, 3.8) is 0 Å². The number of carbonyl (C=O) groups excluding carboxylic acids is 1. The maximum absolute atomic E-state index is 11.8. The van der Waals surface area contributed by atoms with Crippen LogP contribution in [0, 0.1) is 6.92 Å². The minimum atomic E-state index is -0.339. The van der Waals surface area contributed by atoms with E-state index < -0.39 is 0 Å². The zero-order valence-electron chi connectivity index (χ0n) is 14.4. The van der Waals surface area contributed by atoms with E-state index in [9.17, 15) is 4.79 Å². The number of carbonyl (C=O) groups is 1. The molecule has 0 fully saturated rings. The molecule has 5 nitrogen and oxygen atoms in total. The zero-order valence-corrected chi connectivity index (χ0v) is 14.4. The molecule has 2 amide bonds. The highest BCUT2D eigenvalue weighted by molar-refractivity contribution is 5.88. The van der Waals surface area contributed by atoms with Crippen molar-refractivity contribution in [3.8, 4) is 5.75 Å². The second-order valence-electron chi connectivity index (χ2n) is 5.52. The van der Waals surface area contributed by atoms with Crippen LogP contribution in [0.15, 0.2) is 48.5 Å². The van der Waals surface area contributed by atoms with Crippen LogP contribution in [0.4, 0.5) is 10.5 Å². The van der Waals surface area contributed by atoms with Gasteiger partial charge in [0, 0.05) is 18.8 Å². The van der Waals surface area contributed by atoms with Gasteiger partial charge in [-0.05, 0) is 43.0 Å². The van der Waals surface area contributed by atoms with Gasteiger partial charge in [0.25, 0.3) is 0 Å². The third-order valence-corrected chi connectivity index (χ3v) is 3.77. The van der Waals surface area contributed by atoms with Crippen molar-refractivity contribution < 1.29 is 14.4 Å². The molecule has 0 aliphatic carbocycles. The highest BCUT2D eigenvalue weighted by atomic mass is 16.7. The molecule has 0 heterocycles. The molecule has 2 aromatic carbocycles. The highest BCUT2D eigenvalue weighted by Gasteiger charge is 2.08. The van der Waals surface area contributed by atoms with Gasteiger partial charge in [0.05, 0.1) is 13.7 Å². The molecular weight excluding hydrogens is 304 g/mol. The van der Waals surface area contributed by atoms with Gasteiger partial charge in [-0.2, -0.15) is 0 Å². The Morgan fingerprint density at radius 2 is 1.96 bits per heavy atom. The Bertz CT molecular complexity index is 673. The highest BCUT2D eigenvalue weighted by Crippen LogP contribution is 2.18. The fourth-order valence-corrected chi connectivity index (χ4v) is 2.29. The fraction of sp³-hybridized carbons (Fsp3) is 0.316. The molecule has 5 heteroatoms. The van der Waals surface area contributed by atoms with Crippen LogP contribution in [0.2, 0.25) is 0 Å². The maximum atomic E-state index is 11.8. The molecule has 0 atom stereocenters. The number of nitrogens with zero attached hydrogens (tertiary/aromatic N) is 1. The van der Waals surface area contributed by atoms with Crippen molar-refractivity contribution in [2.24, 2.45) is 0 Å². The Labute approximate surface area is 143 Å². The monoisotopic (exact) mass is 328 g/mol. The standard InChI is InChI=1S/C19H24N2O3/c1-15-8-4-5-9-16(15)10-7-13-24-18-12-6-11-17(14-18)20-19(22)21(2)23-3/h4-6,8-9,11-12,14H,7,10,13H2,1-3H3,(H,20,22). The van der Waals surface area contributed by atoms with Gasteiger partial charge < -0.3 is 10.1 Å². The normalized spacial score (nSPS) is 10.3. The summed E-state index contributed by atoms with van der Waals surface area (Å²) in [5.74, 6) is 0.734. The lowest BCUT2D eigenvalue weighted by molar-refractivity contribution is -0.0598. The van der Waals surface area contributed by atoms with Gasteiger partial charge >= 0.3 is 6.03 Å². The van der Waals surface area contributed by atoms with Gasteiger partial charge in [-0.25, -0.2) is 9.86 Å². The van der Waals surface area contributed by atoms with Crippen molar-refractivity contribution in [1.82, 2.24) is 5.06 Å². The number of anilines is 1. The summed E-state index contributed by atoms with van der Waals surface area (Å²) in [6, 6.07) is 15.4. The Morgan fingerprint density at radius 1 is 1.17 bits per heavy atom. The van der Waals surface area contributed by atoms with Crippen LogP contribution in [0.1, 0.15) is 17.5 Å². The minimum Gasteiger partial charge on any atom is -0.494 e. The Kier molecular flexibility index (Phi) is 6.63. The first kappa shape index (κ1) is 17.8. The third kappa shape index (κ3) is 5.28. The molecule has 24 heavy (non-hydrogen) atoms. The molecule has 0 bridgehead atoms. The zero-order chi connectivity index (χ0) is 17.4. The number of amides is 2. The quantitative estimate of drug-likeness (QED) is 0.616. The van der Waals surface area contributed by atoms with E-state index in [0.29, 0.717) is 12.3 Å². The van der Waals surface area contributed by atoms with Crippen molar-refractivity contribution in [3.05, 3.63) is 59.7 Å². The first-order valence-corrected chi connectivity index (χ1v) is 7.96. The first-order chi connectivity index (χ1) is 11.6. The number of benzene rings is 2. The minimum absolute atomic E-state index is 0.339. The summed E-state index contributed by atoms with van der Waals surface area (Å²) in [5, 5.41) is 3.86. The number of ether oxygens (including phenoxy) is 1. The lowest BCUT2D eigenvalue weighted by atomic mass is 10.0. The molecule has 0 saturated heterocycles. The number of hydrogen-bond donors (Lipinski definition) is 1. The second-order valence-corrected chi connectivity index (χ2v) is 5.52. The largest absolute Gasteiger partial charge is 0.494 e. The lowest BCUT2D eigenvalue weighted by Crippen LogP contribution is -2.30. The van der Waals surface area contributed by atoms with Crippen LogP contribution in [0.3, 0.4) is 0 Å². The van der Waals surface area contributed by atoms with Crippen LogP contribution < -0.4 is 10.1 Å². The van der Waals surface area contributed by atoms with Crippen molar-refractivity contribution in [1.29, 1.82) is 0 Å². The van der Waals surface area contributed by atoms with E-state index in [4.69, 9.17) is 9.57 Å². The topological polar surface area (TPSA) is 50.8 Å². The maximum Gasteiger partial charge on any atom is 0.345 e. The van der Waals surface area contributed by atoms with E-state index in [0.717, 1.165) is 23.7 Å². The van der Waals surface area contributed by atoms with Crippen molar-refractivity contribution in [2.75, 3.05) is 26.1 Å².